The Kier molecular flexibility index (Phi) is 6.08. The number of carbonyl (C=O) groups is 1. The van der Waals surface area contributed by atoms with E-state index in [4.69, 9.17) is 9.47 Å². The molecule has 0 bridgehead atoms. The fourth-order valence-corrected chi connectivity index (χ4v) is 3.00. The normalized spacial score (nSPS) is 14.7. The maximum absolute atomic E-state index is 12.6. The number of ether oxygens (including phenoxy) is 2. The highest BCUT2D eigenvalue weighted by atomic mass is 16.5. The molecule has 8 nitrogen and oxygen atoms in total. The van der Waals surface area contributed by atoms with Crippen LogP contribution in [0.25, 0.3) is 0 Å². The SMILES string of the molecule is CCN1CCN(c2nccc(C(=O)Nc3ccc(OC)c(OC)c3)n2)CC1. The van der Waals surface area contributed by atoms with Crippen molar-refractivity contribution in [3.8, 4) is 11.5 Å². The van der Waals surface area contributed by atoms with Crippen molar-refractivity contribution in [2.24, 2.45) is 0 Å². The number of methoxy groups -OCH3 is 2. The average Bonchev–Trinajstić information content (AvgIpc) is 2.73. The first-order valence-electron chi connectivity index (χ1n) is 8.98. The number of amides is 1. The highest BCUT2D eigenvalue weighted by molar-refractivity contribution is 6.03. The van der Waals surface area contributed by atoms with Crippen molar-refractivity contribution in [3.05, 3.63) is 36.2 Å². The minimum atomic E-state index is -0.293. The van der Waals surface area contributed by atoms with Gasteiger partial charge >= 0.3 is 0 Å². The van der Waals surface area contributed by atoms with E-state index < -0.39 is 0 Å². The number of carbonyl (C=O) groups excluding carboxylic acids is 1. The topological polar surface area (TPSA) is 79.8 Å². The lowest BCUT2D eigenvalue weighted by Gasteiger charge is -2.34. The van der Waals surface area contributed by atoms with E-state index in [9.17, 15) is 4.79 Å². The van der Waals surface area contributed by atoms with Crippen LogP contribution >= 0.6 is 0 Å². The molecule has 1 aromatic heterocycles. The number of hydrogen-bond acceptors (Lipinski definition) is 7. The summed E-state index contributed by atoms with van der Waals surface area (Å²) in [6, 6.07) is 6.82. The zero-order chi connectivity index (χ0) is 19.2. The van der Waals surface area contributed by atoms with Crippen molar-refractivity contribution in [1.82, 2.24) is 14.9 Å². The van der Waals surface area contributed by atoms with Crippen molar-refractivity contribution in [2.75, 3.05) is 57.2 Å². The minimum Gasteiger partial charge on any atom is -0.493 e. The molecule has 1 aromatic carbocycles. The van der Waals surface area contributed by atoms with Crippen LogP contribution in [0.1, 0.15) is 17.4 Å². The highest BCUT2D eigenvalue weighted by Crippen LogP contribution is 2.29. The molecule has 144 valence electrons. The van der Waals surface area contributed by atoms with Gasteiger partial charge in [-0.1, -0.05) is 6.92 Å². The number of aromatic nitrogens is 2. The van der Waals surface area contributed by atoms with E-state index in [0.717, 1.165) is 32.7 Å². The van der Waals surface area contributed by atoms with Gasteiger partial charge in [0.05, 0.1) is 14.2 Å². The Hall–Kier alpha value is -2.87. The quantitative estimate of drug-likeness (QED) is 0.830. The molecule has 1 saturated heterocycles. The molecular weight excluding hydrogens is 346 g/mol. The number of nitrogens with zero attached hydrogens (tertiary/aromatic N) is 4. The van der Waals surface area contributed by atoms with E-state index in [2.05, 4.69) is 32.0 Å². The number of piperazine rings is 1. The smallest absolute Gasteiger partial charge is 0.274 e. The predicted octanol–water partition coefficient (Wildman–Crippen LogP) is 1.89. The Balaban J connectivity index is 1.70. The summed E-state index contributed by atoms with van der Waals surface area (Å²) in [5.74, 6) is 1.45. The van der Waals surface area contributed by atoms with E-state index in [0.29, 0.717) is 28.8 Å². The molecule has 3 rings (SSSR count). The van der Waals surface area contributed by atoms with Gasteiger partial charge in [0.15, 0.2) is 11.5 Å². The second-order valence-corrected chi connectivity index (χ2v) is 6.19. The summed E-state index contributed by atoms with van der Waals surface area (Å²) in [6.07, 6.45) is 1.62. The first-order valence-corrected chi connectivity index (χ1v) is 8.98. The lowest BCUT2D eigenvalue weighted by Crippen LogP contribution is -2.46. The number of rotatable bonds is 6. The first-order chi connectivity index (χ1) is 13.1. The zero-order valence-electron chi connectivity index (χ0n) is 15.9. The highest BCUT2D eigenvalue weighted by Gasteiger charge is 2.19. The van der Waals surface area contributed by atoms with Crippen LogP contribution < -0.4 is 19.7 Å². The fourth-order valence-electron chi connectivity index (χ4n) is 3.00. The molecule has 0 unspecified atom stereocenters. The lowest BCUT2D eigenvalue weighted by molar-refractivity contribution is 0.102. The average molecular weight is 371 g/mol. The first kappa shape index (κ1) is 18.9. The molecule has 8 heteroatoms. The second kappa shape index (κ2) is 8.68. The Morgan fingerprint density at radius 3 is 2.52 bits per heavy atom. The second-order valence-electron chi connectivity index (χ2n) is 6.19. The number of likely N-dealkylation sites (N-methyl/N-ethyl adjacent to an activating group) is 1. The van der Waals surface area contributed by atoms with Gasteiger partial charge in [0, 0.05) is 44.1 Å². The third kappa shape index (κ3) is 4.46. The lowest BCUT2D eigenvalue weighted by atomic mass is 10.2. The molecule has 1 fully saturated rings. The summed E-state index contributed by atoms with van der Waals surface area (Å²) in [4.78, 5) is 25.9. The van der Waals surface area contributed by atoms with Gasteiger partial charge in [-0.25, -0.2) is 9.97 Å². The van der Waals surface area contributed by atoms with E-state index in [1.54, 1.807) is 44.7 Å². The number of benzene rings is 1. The molecule has 0 spiro atoms. The molecule has 0 saturated carbocycles. The van der Waals surface area contributed by atoms with Crippen LogP contribution in [0.5, 0.6) is 11.5 Å². The van der Waals surface area contributed by atoms with Gasteiger partial charge in [0.25, 0.3) is 5.91 Å². The molecule has 27 heavy (non-hydrogen) atoms. The number of hydrogen-bond donors (Lipinski definition) is 1. The molecule has 1 aliphatic heterocycles. The monoisotopic (exact) mass is 371 g/mol. The van der Waals surface area contributed by atoms with Crippen molar-refractivity contribution in [1.29, 1.82) is 0 Å². The van der Waals surface area contributed by atoms with Crippen molar-refractivity contribution in [3.63, 3.8) is 0 Å². The molecule has 2 heterocycles. The third-order valence-electron chi connectivity index (χ3n) is 4.62. The summed E-state index contributed by atoms with van der Waals surface area (Å²) in [5, 5.41) is 2.84. The summed E-state index contributed by atoms with van der Waals surface area (Å²) < 4.78 is 10.5. The Labute approximate surface area is 159 Å². The van der Waals surface area contributed by atoms with E-state index in [1.807, 2.05) is 0 Å². The van der Waals surface area contributed by atoms with Gasteiger partial charge in [-0.15, -0.1) is 0 Å². The molecule has 2 aromatic rings. The summed E-state index contributed by atoms with van der Waals surface area (Å²) in [5.41, 5.74) is 0.932. The number of anilines is 2. The summed E-state index contributed by atoms with van der Waals surface area (Å²) >= 11 is 0. The van der Waals surface area contributed by atoms with Gasteiger partial charge in [-0.05, 0) is 24.7 Å². The van der Waals surface area contributed by atoms with Gasteiger partial charge in [0.2, 0.25) is 5.95 Å². The fraction of sp³-hybridized carbons (Fsp3) is 0.421. The number of nitrogens with one attached hydrogen (secondary N) is 1. The largest absolute Gasteiger partial charge is 0.493 e. The van der Waals surface area contributed by atoms with Gasteiger partial charge in [-0.2, -0.15) is 0 Å². The van der Waals surface area contributed by atoms with Crippen molar-refractivity contribution < 1.29 is 14.3 Å². The molecular formula is C19H25N5O3. The Bertz CT molecular complexity index is 791. The minimum absolute atomic E-state index is 0.293. The van der Waals surface area contributed by atoms with E-state index in [-0.39, 0.29) is 5.91 Å². The van der Waals surface area contributed by atoms with Crippen LogP contribution in [0.3, 0.4) is 0 Å². The summed E-state index contributed by atoms with van der Waals surface area (Å²) in [7, 11) is 3.12. The summed E-state index contributed by atoms with van der Waals surface area (Å²) in [6.45, 7) is 6.86. The predicted molar refractivity (Wildman–Crippen MR) is 104 cm³/mol. The van der Waals surface area contributed by atoms with Crippen LogP contribution in [0.2, 0.25) is 0 Å². The van der Waals surface area contributed by atoms with E-state index >= 15 is 0 Å². The van der Waals surface area contributed by atoms with Gasteiger partial charge in [0.1, 0.15) is 5.69 Å². The Morgan fingerprint density at radius 1 is 1.11 bits per heavy atom. The van der Waals surface area contributed by atoms with Crippen molar-refractivity contribution >= 4 is 17.5 Å². The maximum Gasteiger partial charge on any atom is 0.274 e. The van der Waals surface area contributed by atoms with Gasteiger partial charge in [-0.3, -0.25) is 4.79 Å². The molecule has 1 N–H and O–H groups in total. The van der Waals surface area contributed by atoms with E-state index in [1.165, 1.54) is 0 Å². The zero-order valence-corrected chi connectivity index (χ0v) is 15.9. The molecule has 0 aliphatic carbocycles. The Morgan fingerprint density at radius 2 is 1.85 bits per heavy atom. The van der Waals surface area contributed by atoms with Crippen LogP contribution in [0.4, 0.5) is 11.6 Å². The van der Waals surface area contributed by atoms with Crippen LogP contribution in [0, 0.1) is 0 Å². The van der Waals surface area contributed by atoms with Crippen molar-refractivity contribution in [2.45, 2.75) is 6.92 Å². The van der Waals surface area contributed by atoms with Gasteiger partial charge < -0.3 is 24.6 Å². The molecule has 0 radical (unpaired) electrons. The standard InChI is InChI=1S/C19H25N5O3/c1-4-23-9-11-24(12-10-23)19-20-8-7-15(22-19)18(25)21-14-5-6-16(26-2)17(13-14)27-3/h5-8,13H,4,9-12H2,1-3H3,(H,21,25). The molecule has 1 aliphatic rings. The van der Waals surface area contributed by atoms with Crippen LogP contribution in [-0.4, -0.2) is 67.7 Å². The van der Waals surface area contributed by atoms with Crippen LogP contribution in [-0.2, 0) is 0 Å². The third-order valence-corrected chi connectivity index (χ3v) is 4.62. The van der Waals surface area contributed by atoms with Crippen LogP contribution in [0.15, 0.2) is 30.5 Å². The maximum atomic E-state index is 12.6. The molecule has 0 atom stereocenters. The molecule has 1 amide bonds.